The Bertz CT molecular complexity index is 326. The van der Waals surface area contributed by atoms with E-state index in [9.17, 15) is 0 Å². The van der Waals surface area contributed by atoms with Gasteiger partial charge < -0.3 is 5.32 Å². The fraction of sp³-hybridized carbons (Fsp3) is 0.727. The molecule has 0 aromatic carbocycles. The van der Waals surface area contributed by atoms with Crippen molar-refractivity contribution in [1.82, 2.24) is 9.78 Å². The quantitative estimate of drug-likeness (QED) is 0.848. The van der Waals surface area contributed by atoms with E-state index in [1.807, 2.05) is 18.0 Å². The molecular formula is C11H17N3S. The van der Waals surface area contributed by atoms with Crippen LogP contribution in [0.25, 0.3) is 0 Å². The van der Waals surface area contributed by atoms with Gasteiger partial charge in [0.25, 0.3) is 0 Å². The molecule has 1 aromatic heterocycles. The van der Waals surface area contributed by atoms with Gasteiger partial charge in [0, 0.05) is 24.4 Å². The summed E-state index contributed by atoms with van der Waals surface area (Å²) in [6, 6.07) is 2.76. The third-order valence-corrected chi connectivity index (χ3v) is 4.29. The molecule has 3 nitrogen and oxygen atoms in total. The van der Waals surface area contributed by atoms with Crippen molar-refractivity contribution in [2.24, 2.45) is 5.92 Å². The van der Waals surface area contributed by atoms with Gasteiger partial charge in [-0.25, -0.2) is 4.68 Å². The third kappa shape index (κ3) is 2.30. The zero-order valence-corrected chi connectivity index (χ0v) is 9.67. The number of nitrogens with zero attached hydrogens (tertiary/aromatic N) is 2. The fourth-order valence-corrected chi connectivity index (χ4v) is 3.16. The number of hydrogen-bond acceptors (Lipinski definition) is 3. The van der Waals surface area contributed by atoms with Gasteiger partial charge in [-0.3, -0.25) is 0 Å². The molecule has 15 heavy (non-hydrogen) atoms. The largest absolute Gasteiger partial charge is 0.367 e. The Hall–Kier alpha value is -0.640. The molecule has 2 aliphatic rings. The predicted octanol–water partition coefficient (Wildman–Crippen LogP) is 2.21. The van der Waals surface area contributed by atoms with E-state index >= 15 is 0 Å². The molecule has 1 saturated heterocycles. The lowest BCUT2D eigenvalue weighted by Crippen LogP contribution is -2.21. The Kier molecular flexibility index (Phi) is 2.61. The molecular weight excluding hydrogens is 206 g/mol. The van der Waals surface area contributed by atoms with Crippen molar-refractivity contribution in [3.63, 3.8) is 0 Å². The molecule has 0 spiro atoms. The molecule has 0 amide bonds. The second-order valence-corrected chi connectivity index (χ2v) is 5.70. The van der Waals surface area contributed by atoms with Crippen LogP contribution in [0.4, 0.5) is 5.82 Å². The summed E-state index contributed by atoms with van der Waals surface area (Å²) < 4.78 is 2.14. The lowest BCUT2D eigenvalue weighted by molar-refractivity contribution is 0.564. The first-order valence-electron chi connectivity index (χ1n) is 5.78. The molecule has 3 rings (SSSR count). The topological polar surface area (TPSA) is 29.9 Å². The molecule has 2 fully saturated rings. The highest BCUT2D eigenvalue weighted by Crippen LogP contribution is 2.31. The summed E-state index contributed by atoms with van der Waals surface area (Å²) in [7, 11) is 0. The van der Waals surface area contributed by atoms with Crippen LogP contribution in [0.15, 0.2) is 12.3 Å². The van der Waals surface area contributed by atoms with E-state index in [1.165, 1.54) is 36.6 Å². The van der Waals surface area contributed by atoms with Crippen LogP contribution in [0, 0.1) is 5.92 Å². The minimum atomic E-state index is 0.657. The van der Waals surface area contributed by atoms with E-state index in [1.54, 1.807) is 0 Å². The number of anilines is 1. The zero-order chi connectivity index (χ0) is 10.1. The Morgan fingerprint density at radius 2 is 2.40 bits per heavy atom. The first-order chi connectivity index (χ1) is 7.42. The smallest absolute Gasteiger partial charge is 0.124 e. The van der Waals surface area contributed by atoms with E-state index in [0.717, 1.165) is 12.5 Å². The number of nitrogens with one attached hydrogen (secondary N) is 1. The van der Waals surface area contributed by atoms with E-state index in [-0.39, 0.29) is 0 Å². The van der Waals surface area contributed by atoms with Gasteiger partial charge in [-0.1, -0.05) is 0 Å². The molecule has 1 unspecified atom stereocenters. The second kappa shape index (κ2) is 4.08. The Labute approximate surface area is 94.6 Å². The van der Waals surface area contributed by atoms with E-state index < -0.39 is 0 Å². The normalized spacial score (nSPS) is 25.7. The summed E-state index contributed by atoms with van der Waals surface area (Å²) in [5.41, 5.74) is 0. The van der Waals surface area contributed by atoms with Crippen LogP contribution in [0.1, 0.15) is 19.3 Å². The van der Waals surface area contributed by atoms with E-state index in [2.05, 4.69) is 21.2 Å². The maximum atomic E-state index is 4.39. The number of aromatic nitrogens is 2. The molecule has 1 atom stereocenters. The summed E-state index contributed by atoms with van der Waals surface area (Å²) in [5, 5.41) is 7.99. The van der Waals surface area contributed by atoms with Gasteiger partial charge in [-0.2, -0.15) is 16.9 Å². The van der Waals surface area contributed by atoms with Crippen LogP contribution in [0.3, 0.4) is 0 Å². The first-order valence-corrected chi connectivity index (χ1v) is 6.93. The third-order valence-electron chi connectivity index (χ3n) is 3.13. The summed E-state index contributed by atoms with van der Waals surface area (Å²) in [6.45, 7) is 1.11. The fourth-order valence-electron chi connectivity index (χ4n) is 2.00. The average Bonchev–Trinajstić information content (AvgIpc) is 2.75. The van der Waals surface area contributed by atoms with E-state index in [0.29, 0.717) is 6.04 Å². The molecule has 1 aliphatic carbocycles. The zero-order valence-electron chi connectivity index (χ0n) is 8.85. The van der Waals surface area contributed by atoms with Gasteiger partial charge in [0.1, 0.15) is 5.82 Å². The molecule has 82 valence electrons. The van der Waals surface area contributed by atoms with Crippen molar-refractivity contribution in [3.8, 4) is 0 Å². The number of hydrogen-bond donors (Lipinski definition) is 1. The number of rotatable bonds is 4. The maximum absolute atomic E-state index is 4.39. The van der Waals surface area contributed by atoms with Crippen LogP contribution in [0.2, 0.25) is 0 Å². The van der Waals surface area contributed by atoms with Gasteiger partial charge >= 0.3 is 0 Å². The van der Waals surface area contributed by atoms with Gasteiger partial charge in [0.2, 0.25) is 0 Å². The monoisotopic (exact) mass is 223 g/mol. The van der Waals surface area contributed by atoms with Crippen LogP contribution >= 0.6 is 11.8 Å². The highest BCUT2D eigenvalue weighted by molar-refractivity contribution is 7.99. The molecule has 1 aliphatic heterocycles. The van der Waals surface area contributed by atoms with Crippen molar-refractivity contribution >= 4 is 17.6 Å². The summed E-state index contributed by atoms with van der Waals surface area (Å²) in [5.74, 6) is 4.65. The Morgan fingerprint density at radius 1 is 1.47 bits per heavy atom. The average molecular weight is 223 g/mol. The van der Waals surface area contributed by atoms with Gasteiger partial charge in [-0.15, -0.1) is 0 Å². The van der Waals surface area contributed by atoms with Gasteiger partial charge in [-0.05, 0) is 30.9 Å². The van der Waals surface area contributed by atoms with Gasteiger partial charge in [0.05, 0.1) is 6.20 Å². The summed E-state index contributed by atoms with van der Waals surface area (Å²) in [6.07, 6.45) is 5.98. The number of thioether (sulfide) groups is 1. The van der Waals surface area contributed by atoms with Crippen molar-refractivity contribution in [2.75, 3.05) is 16.8 Å². The van der Waals surface area contributed by atoms with Crippen LogP contribution in [-0.2, 0) is 6.54 Å². The summed E-state index contributed by atoms with van der Waals surface area (Å²) in [4.78, 5) is 0. The lowest BCUT2D eigenvalue weighted by atomic mass is 10.2. The standard InChI is InChI=1S/C11H17N3S/c1-2-9(1)7-14-11(3-5-12-14)13-10-4-6-15-8-10/h3,5,9-10,13H,1-2,4,6-8H2. The van der Waals surface area contributed by atoms with Crippen molar-refractivity contribution in [1.29, 1.82) is 0 Å². The van der Waals surface area contributed by atoms with Gasteiger partial charge in [0.15, 0.2) is 0 Å². The van der Waals surface area contributed by atoms with Crippen molar-refractivity contribution < 1.29 is 0 Å². The van der Waals surface area contributed by atoms with Crippen LogP contribution in [0.5, 0.6) is 0 Å². The molecule has 1 N–H and O–H groups in total. The summed E-state index contributed by atoms with van der Waals surface area (Å²) >= 11 is 2.04. The predicted molar refractivity (Wildman–Crippen MR) is 64.3 cm³/mol. The molecule has 0 radical (unpaired) electrons. The highest BCUT2D eigenvalue weighted by atomic mass is 32.2. The van der Waals surface area contributed by atoms with Crippen LogP contribution in [-0.4, -0.2) is 27.3 Å². The van der Waals surface area contributed by atoms with Crippen LogP contribution < -0.4 is 5.32 Å². The van der Waals surface area contributed by atoms with E-state index in [4.69, 9.17) is 0 Å². The highest BCUT2D eigenvalue weighted by Gasteiger charge is 2.23. The molecule has 1 saturated carbocycles. The molecule has 4 heteroatoms. The Balaban J connectivity index is 1.64. The van der Waals surface area contributed by atoms with Crippen molar-refractivity contribution in [2.45, 2.75) is 31.8 Å². The first kappa shape index (κ1) is 9.58. The minimum Gasteiger partial charge on any atom is -0.367 e. The molecule has 0 bridgehead atoms. The Morgan fingerprint density at radius 3 is 3.13 bits per heavy atom. The lowest BCUT2D eigenvalue weighted by Gasteiger charge is -2.14. The second-order valence-electron chi connectivity index (χ2n) is 4.55. The maximum Gasteiger partial charge on any atom is 0.124 e. The van der Waals surface area contributed by atoms with Crippen molar-refractivity contribution in [3.05, 3.63) is 12.3 Å². The SMILES string of the molecule is c1cc(NC2CCSC2)n(CC2CC2)n1. The molecule has 2 heterocycles. The molecule has 1 aromatic rings. The minimum absolute atomic E-state index is 0.657.